The number of nitrogens with zero attached hydrogens (tertiary/aromatic N) is 2. The highest BCUT2D eigenvalue weighted by atomic mass is 32.1. The lowest BCUT2D eigenvalue weighted by Gasteiger charge is -2.22. The number of rotatable bonds is 2. The van der Waals surface area contributed by atoms with Gasteiger partial charge >= 0.3 is 0 Å². The van der Waals surface area contributed by atoms with Crippen LogP contribution in [0, 0.1) is 13.8 Å². The van der Waals surface area contributed by atoms with Crippen molar-refractivity contribution in [1.82, 2.24) is 4.98 Å². The van der Waals surface area contributed by atoms with Crippen molar-refractivity contribution in [2.45, 2.75) is 19.9 Å². The maximum absolute atomic E-state index is 13.4. The van der Waals surface area contributed by atoms with Gasteiger partial charge in [0.1, 0.15) is 5.58 Å². The molecule has 0 unspecified atom stereocenters. The molecule has 0 N–H and O–H groups in total. The Morgan fingerprint density at radius 2 is 1.86 bits per heavy atom. The molecule has 0 saturated carbocycles. The Morgan fingerprint density at radius 3 is 2.57 bits per heavy atom. The Hall–Kier alpha value is -3.25. The second kappa shape index (κ2) is 6.14. The molecule has 5 nitrogen and oxygen atoms in total. The molecule has 2 aromatic carbocycles. The second-order valence-corrected chi connectivity index (χ2v) is 7.77. The van der Waals surface area contributed by atoms with Gasteiger partial charge in [0.2, 0.25) is 5.76 Å². The minimum Gasteiger partial charge on any atom is -0.450 e. The highest BCUT2D eigenvalue weighted by molar-refractivity contribution is 7.14. The number of fused-ring (bicyclic) bond motifs is 2. The van der Waals surface area contributed by atoms with Crippen molar-refractivity contribution < 1.29 is 9.21 Å². The Balaban J connectivity index is 1.84. The number of anilines is 1. The summed E-state index contributed by atoms with van der Waals surface area (Å²) < 4.78 is 5.95. The molecule has 0 spiro atoms. The van der Waals surface area contributed by atoms with E-state index in [1.807, 2.05) is 61.7 Å². The third-order valence-corrected chi connectivity index (χ3v) is 5.91. The summed E-state index contributed by atoms with van der Waals surface area (Å²) in [6, 6.07) is 14.4. The zero-order valence-electron chi connectivity index (χ0n) is 15.3. The van der Waals surface area contributed by atoms with E-state index < -0.39 is 6.04 Å². The van der Waals surface area contributed by atoms with Crippen molar-refractivity contribution in [1.29, 1.82) is 0 Å². The van der Waals surface area contributed by atoms with E-state index in [4.69, 9.17) is 4.42 Å². The molecule has 138 valence electrons. The van der Waals surface area contributed by atoms with Crippen molar-refractivity contribution >= 4 is 33.3 Å². The van der Waals surface area contributed by atoms with Crippen molar-refractivity contribution in [3.63, 3.8) is 0 Å². The normalized spacial score (nSPS) is 16.0. The zero-order valence-corrected chi connectivity index (χ0v) is 16.1. The lowest BCUT2D eigenvalue weighted by molar-refractivity contribution is 0.0971. The fourth-order valence-electron chi connectivity index (χ4n) is 3.69. The van der Waals surface area contributed by atoms with E-state index in [1.165, 1.54) is 11.3 Å². The van der Waals surface area contributed by atoms with Crippen LogP contribution in [0.4, 0.5) is 5.13 Å². The summed E-state index contributed by atoms with van der Waals surface area (Å²) in [5, 5.41) is 2.94. The average Bonchev–Trinajstić information content (AvgIpc) is 3.24. The molecule has 1 aliphatic heterocycles. The van der Waals surface area contributed by atoms with Crippen molar-refractivity contribution in [3.05, 3.63) is 92.3 Å². The molecule has 0 aliphatic carbocycles. The molecule has 5 rings (SSSR count). The predicted molar refractivity (Wildman–Crippen MR) is 109 cm³/mol. The topological polar surface area (TPSA) is 63.4 Å². The van der Waals surface area contributed by atoms with E-state index >= 15 is 0 Å². The van der Waals surface area contributed by atoms with Gasteiger partial charge in [0, 0.05) is 5.38 Å². The first-order valence-electron chi connectivity index (χ1n) is 8.92. The number of aromatic nitrogens is 1. The maximum Gasteiger partial charge on any atom is 0.297 e. The number of hydrogen-bond acceptors (Lipinski definition) is 5. The number of carbonyl (C=O) groups excluding carboxylic acids is 1. The molecule has 4 aromatic rings. The number of thiazole rings is 1. The Bertz CT molecular complexity index is 1290. The maximum atomic E-state index is 13.4. The van der Waals surface area contributed by atoms with Gasteiger partial charge in [-0.15, -0.1) is 11.3 Å². The molecule has 2 aromatic heterocycles. The van der Waals surface area contributed by atoms with E-state index in [2.05, 4.69) is 4.98 Å². The van der Waals surface area contributed by atoms with Gasteiger partial charge in [0.25, 0.3) is 5.91 Å². The van der Waals surface area contributed by atoms with E-state index in [-0.39, 0.29) is 17.1 Å². The first-order valence-corrected chi connectivity index (χ1v) is 9.80. The molecule has 3 heterocycles. The molecule has 0 fully saturated rings. The van der Waals surface area contributed by atoms with Crippen LogP contribution < -0.4 is 10.3 Å². The van der Waals surface area contributed by atoms with Crippen LogP contribution in [0.15, 0.2) is 63.1 Å². The Morgan fingerprint density at radius 1 is 1.07 bits per heavy atom. The van der Waals surface area contributed by atoms with Crippen LogP contribution in [0.25, 0.3) is 11.0 Å². The SMILES string of the molecule is Cc1ccc2oc3c(c(=O)c2c1)[C@@H](c1ccccc1)N(c1nc(C)cs1)C3=O. The van der Waals surface area contributed by atoms with E-state index in [9.17, 15) is 9.59 Å². The highest BCUT2D eigenvalue weighted by Crippen LogP contribution is 2.42. The Labute approximate surface area is 164 Å². The molecule has 6 heteroatoms. The minimum atomic E-state index is -0.560. The molecular formula is C22H16N2O3S. The first kappa shape index (κ1) is 16.9. The van der Waals surface area contributed by atoms with Crippen molar-refractivity contribution in [2.75, 3.05) is 4.90 Å². The smallest absolute Gasteiger partial charge is 0.297 e. The zero-order chi connectivity index (χ0) is 19.4. The number of benzene rings is 2. The lowest BCUT2D eigenvalue weighted by Crippen LogP contribution is -2.29. The molecule has 0 saturated heterocycles. The van der Waals surface area contributed by atoms with Gasteiger partial charge in [-0.2, -0.15) is 0 Å². The van der Waals surface area contributed by atoms with Crippen molar-refractivity contribution in [3.8, 4) is 0 Å². The van der Waals surface area contributed by atoms with Crippen LogP contribution in [0.3, 0.4) is 0 Å². The van der Waals surface area contributed by atoms with Gasteiger partial charge in [-0.05, 0) is 31.5 Å². The first-order chi connectivity index (χ1) is 13.5. The van der Waals surface area contributed by atoms with Crippen molar-refractivity contribution in [2.24, 2.45) is 0 Å². The van der Waals surface area contributed by atoms with Crippen LogP contribution in [-0.4, -0.2) is 10.9 Å². The van der Waals surface area contributed by atoms with E-state index in [0.29, 0.717) is 21.7 Å². The molecule has 28 heavy (non-hydrogen) atoms. The molecule has 1 atom stereocenters. The van der Waals surface area contributed by atoms with E-state index in [0.717, 1.165) is 16.8 Å². The molecule has 0 bridgehead atoms. The summed E-state index contributed by atoms with van der Waals surface area (Å²) >= 11 is 1.38. The monoisotopic (exact) mass is 388 g/mol. The average molecular weight is 388 g/mol. The van der Waals surface area contributed by atoms with Crippen LogP contribution in [-0.2, 0) is 0 Å². The summed E-state index contributed by atoms with van der Waals surface area (Å²) in [6.45, 7) is 3.81. The standard InChI is InChI=1S/C22H16N2O3S/c1-12-8-9-16-15(10-12)19(25)17-18(14-6-4-3-5-7-14)24(21(26)20(17)27-16)22-23-13(2)11-28-22/h3-11,18H,1-2H3/t18-/m1/s1. The summed E-state index contributed by atoms with van der Waals surface area (Å²) in [6.07, 6.45) is 0. The Kier molecular flexibility index (Phi) is 3.70. The van der Waals surface area contributed by atoms with Crippen LogP contribution in [0.1, 0.15) is 39.0 Å². The van der Waals surface area contributed by atoms with E-state index in [1.54, 1.807) is 11.0 Å². The van der Waals surface area contributed by atoms with Gasteiger partial charge in [-0.1, -0.05) is 42.0 Å². The quantitative estimate of drug-likeness (QED) is 0.503. The second-order valence-electron chi connectivity index (χ2n) is 6.93. The van der Waals surface area contributed by atoms with Crippen LogP contribution in [0.5, 0.6) is 0 Å². The summed E-state index contributed by atoms with van der Waals surface area (Å²) in [7, 11) is 0. The number of aryl methyl sites for hydroxylation is 2. The van der Waals surface area contributed by atoms with Gasteiger partial charge in [0.05, 0.1) is 22.7 Å². The third-order valence-electron chi connectivity index (χ3n) is 4.95. The number of carbonyl (C=O) groups is 1. The summed E-state index contributed by atoms with van der Waals surface area (Å²) in [4.78, 5) is 32.8. The predicted octanol–water partition coefficient (Wildman–Crippen LogP) is 4.62. The van der Waals surface area contributed by atoms with Gasteiger partial charge in [-0.25, -0.2) is 4.98 Å². The number of hydrogen-bond donors (Lipinski definition) is 0. The minimum absolute atomic E-state index is 0.100. The molecule has 0 radical (unpaired) electrons. The molecular weight excluding hydrogens is 372 g/mol. The van der Waals surface area contributed by atoms with Gasteiger partial charge < -0.3 is 4.42 Å². The lowest BCUT2D eigenvalue weighted by atomic mass is 9.98. The van der Waals surface area contributed by atoms with Crippen LogP contribution in [0.2, 0.25) is 0 Å². The summed E-state index contributed by atoms with van der Waals surface area (Å²) in [5.41, 5.74) is 3.27. The third kappa shape index (κ3) is 2.42. The van der Waals surface area contributed by atoms with Crippen LogP contribution >= 0.6 is 11.3 Å². The largest absolute Gasteiger partial charge is 0.450 e. The fraction of sp³-hybridized carbons (Fsp3) is 0.136. The molecule has 1 amide bonds. The molecule has 1 aliphatic rings. The fourth-order valence-corrected chi connectivity index (χ4v) is 4.51. The van der Waals surface area contributed by atoms with Gasteiger partial charge in [0.15, 0.2) is 10.6 Å². The highest BCUT2D eigenvalue weighted by Gasteiger charge is 2.44. The number of amides is 1. The van der Waals surface area contributed by atoms with Gasteiger partial charge in [-0.3, -0.25) is 14.5 Å². The summed E-state index contributed by atoms with van der Waals surface area (Å²) in [5.74, 6) is -0.235.